The lowest BCUT2D eigenvalue weighted by Crippen LogP contribution is -2.17. The fourth-order valence-electron chi connectivity index (χ4n) is 3.44. The van der Waals surface area contributed by atoms with E-state index in [0.29, 0.717) is 0 Å². The van der Waals surface area contributed by atoms with Gasteiger partial charge in [-0.2, -0.15) is 0 Å². The molecule has 1 unspecified atom stereocenters. The number of para-hydroxylation sites is 1. The molecule has 2 N–H and O–H groups in total. The maximum Gasteiger partial charge on any atom is 0.133 e. The van der Waals surface area contributed by atoms with Gasteiger partial charge in [-0.05, 0) is 47.7 Å². The third kappa shape index (κ3) is 2.57. The highest BCUT2D eigenvalue weighted by Crippen LogP contribution is 2.34. The van der Waals surface area contributed by atoms with E-state index in [0.717, 1.165) is 29.9 Å². The first-order chi connectivity index (χ1) is 11.7. The molecular weight excluding hydrogens is 294 g/mol. The summed E-state index contributed by atoms with van der Waals surface area (Å²) in [5.41, 5.74) is 12.5. The molecule has 1 aliphatic rings. The summed E-state index contributed by atoms with van der Waals surface area (Å²) in [6.07, 6.45) is 3.01. The second-order valence-electron chi connectivity index (χ2n) is 6.32. The number of hydrogen-bond donors (Lipinski definition) is 1. The fraction of sp³-hybridized carbons (Fsp3) is 0.190. The Morgan fingerprint density at radius 3 is 2.58 bits per heavy atom. The van der Waals surface area contributed by atoms with Crippen LogP contribution in [0.1, 0.15) is 28.3 Å². The minimum absolute atomic E-state index is 0.140. The van der Waals surface area contributed by atoms with Crippen LogP contribution in [0.5, 0.6) is 0 Å². The SMILES string of the molecule is Cc1cc(N2CCc3ccccc32)ncc1C(N)c1ccccc1. The predicted octanol–water partition coefficient (Wildman–Crippen LogP) is 4.13. The molecule has 1 aliphatic heterocycles. The number of benzene rings is 2. The van der Waals surface area contributed by atoms with Gasteiger partial charge in [-0.15, -0.1) is 0 Å². The molecule has 1 atom stereocenters. The number of rotatable bonds is 3. The van der Waals surface area contributed by atoms with Crippen molar-refractivity contribution >= 4 is 11.5 Å². The molecule has 3 nitrogen and oxygen atoms in total. The third-order valence-corrected chi connectivity index (χ3v) is 4.79. The summed E-state index contributed by atoms with van der Waals surface area (Å²) in [6.45, 7) is 3.10. The van der Waals surface area contributed by atoms with Gasteiger partial charge in [0.1, 0.15) is 5.82 Å². The van der Waals surface area contributed by atoms with Crippen molar-refractivity contribution in [3.8, 4) is 0 Å². The second kappa shape index (κ2) is 6.10. The van der Waals surface area contributed by atoms with Gasteiger partial charge in [0, 0.05) is 18.4 Å². The zero-order valence-corrected chi connectivity index (χ0v) is 13.8. The van der Waals surface area contributed by atoms with Crippen molar-refractivity contribution in [3.63, 3.8) is 0 Å². The van der Waals surface area contributed by atoms with E-state index in [9.17, 15) is 0 Å². The molecule has 0 saturated carbocycles. The molecule has 0 fully saturated rings. The van der Waals surface area contributed by atoms with Gasteiger partial charge in [-0.25, -0.2) is 4.98 Å². The van der Waals surface area contributed by atoms with E-state index < -0.39 is 0 Å². The van der Waals surface area contributed by atoms with Gasteiger partial charge in [-0.1, -0.05) is 48.5 Å². The Kier molecular flexibility index (Phi) is 3.79. The lowest BCUT2D eigenvalue weighted by molar-refractivity contribution is 0.849. The van der Waals surface area contributed by atoms with Gasteiger partial charge in [0.2, 0.25) is 0 Å². The molecule has 3 aromatic rings. The molecule has 2 aromatic carbocycles. The molecule has 0 amide bonds. The Morgan fingerprint density at radius 2 is 1.79 bits per heavy atom. The van der Waals surface area contributed by atoms with Gasteiger partial charge in [-0.3, -0.25) is 0 Å². The van der Waals surface area contributed by atoms with Gasteiger partial charge >= 0.3 is 0 Å². The van der Waals surface area contributed by atoms with E-state index in [1.807, 2.05) is 24.4 Å². The molecule has 0 spiro atoms. The first-order valence-electron chi connectivity index (χ1n) is 8.36. The van der Waals surface area contributed by atoms with E-state index in [2.05, 4.69) is 54.3 Å². The van der Waals surface area contributed by atoms with E-state index in [4.69, 9.17) is 10.7 Å². The smallest absolute Gasteiger partial charge is 0.133 e. The summed E-state index contributed by atoms with van der Waals surface area (Å²) < 4.78 is 0. The van der Waals surface area contributed by atoms with Crippen molar-refractivity contribution in [1.29, 1.82) is 0 Å². The Labute approximate surface area is 142 Å². The van der Waals surface area contributed by atoms with E-state index >= 15 is 0 Å². The maximum absolute atomic E-state index is 6.44. The predicted molar refractivity (Wildman–Crippen MR) is 98.6 cm³/mol. The minimum Gasteiger partial charge on any atom is -0.326 e. The normalized spacial score (nSPS) is 14.5. The van der Waals surface area contributed by atoms with Crippen LogP contribution in [0.2, 0.25) is 0 Å². The molecule has 0 saturated heterocycles. The van der Waals surface area contributed by atoms with Crippen LogP contribution in [-0.4, -0.2) is 11.5 Å². The zero-order valence-electron chi connectivity index (χ0n) is 13.8. The average Bonchev–Trinajstić information content (AvgIpc) is 3.06. The Hall–Kier alpha value is -2.65. The zero-order chi connectivity index (χ0) is 16.5. The van der Waals surface area contributed by atoms with Crippen molar-refractivity contribution in [2.75, 3.05) is 11.4 Å². The Morgan fingerprint density at radius 1 is 1.04 bits per heavy atom. The molecule has 3 heteroatoms. The van der Waals surface area contributed by atoms with Crippen LogP contribution in [0.15, 0.2) is 66.9 Å². The lowest BCUT2D eigenvalue weighted by atomic mass is 9.97. The number of aryl methyl sites for hydroxylation is 1. The van der Waals surface area contributed by atoms with E-state index in [1.165, 1.54) is 16.8 Å². The summed E-state index contributed by atoms with van der Waals surface area (Å²) in [6, 6.07) is 20.7. The molecule has 4 rings (SSSR count). The van der Waals surface area contributed by atoms with Crippen LogP contribution in [-0.2, 0) is 6.42 Å². The van der Waals surface area contributed by atoms with Crippen LogP contribution in [0.3, 0.4) is 0 Å². The third-order valence-electron chi connectivity index (χ3n) is 4.79. The summed E-state index contributed by atoms with van der Waals surface area (Å²) in [5, 5.41) is 0. The minimum atomic E-state index is -0.140. The monoisotopic (exact) mass is 315 g/mol. The molecule has 0 bridgehead atoms. The standard InChI is InChI=1S/C21H21N3/c1-15-13-20(24-12-11-16-7-5-6-10-19(16)24)23-14-18(15)21(22)17-8-3-2-4-9-17/h2-10,13-14,21H,11-12,22H2,1H3. The second-order valence-corrected chi connectivity index (χ2v) is 6.32. The molecule has 0 radical (unpaired) electrons. The summed E-state index contributed by atoms with van der Waals surface area (Å²) in [5.74, 6) is 1.00. The van der Waals surface area contributed by atoms with Crippen LogP contribution < -0.4 is 10.6 Å². The van der Waals surface area contributed by atoms with Crippen molar-refractivity contribution in [1.82, 2.24) is 4.98 Å². The number of pyridine rings is 1. The average molecular weight is 315 g/mol. The number of nitrogens with zero attached hydrogens (tertiary/aromatic N) is 2. The summed E-state index contributed by atoms with van der Waals surface area (Å²) in [4.78, 5) is 7.00. The Balaban J connectivity index is 1.66. The van der Waals surface area contributed by atoms with Gasteiger partial charge < -0.3 is 10.6 Å². The van der Waals surface area contributed by atoms with Crippen LogP contribution >= 0.6 is 0 Å². The lowest BCUT2D eigenvalue weighted by Gasteiger charge is -2.21. The van der Waals surface area contributed by atoms with Gasteiger partial charge in [0.15, 0.2) is 0 Å². The van der Waals surface area contributed by atoms with Crippen molar-refractivity contribution in [2.24, 2.45) is 5.73 Å². The number of nitrogens with two attached hydrogens (primary N) is 1. The molecule has 0 aliphatic carbocycles. The first kappa shape index (κ1) is 14.9. The quantitative estimate of drug-likeness (QED) is 0.790. The van der Waals surface area contributed by atoms with Gasteiger partial charge in [0.05, 0.1) is 6.04 Å². The van der Waals surface area contributed by atoms with Crippen LogP contribution in [0.4, 0.5) is 11.5 Å². The molecule has 2 heterocycles. The highest BCUT2D eigenvalue weighted by molar-refractivity contribution is 5.68. The largest absolute Gasteiger partial charge is 0.326 e. The maximum atomic E-state index is 6.44. The summed E-state index contributed by atoms with van der Waals surface area (Å²) in [7, 11) is 0. The van der Waals surface area contributed by atoms with Crippen molar-refractivity contribution < 1.29 is 0 Å². The number of fused-ring (bicyclic) bond motifs is 1. The molecular formula is C21H21N3. The van der Waals surface area contributed by atoms with Crippen molar-refractivity contribution in [3.05, 3.63) is 89.1 Å². The Bertz CT molecular complexity index is 858. The van der Waals surface area contributed by atoms with Crippen molar-refractivity contribution in [2.45, 2.75) is 19.4 Å². The van der Waals surface area contributed by atoms with Crippen LogP contribution in [0.25, 0.3) is 0 Å². The number of hydrogen-bond acceptors (Lipinski definition) is 3. The molecule has 120 valence electrons. The topological polar surface area (TPSA) is 42.2 Å². The molecule has 24 heavy (non-hydrogen) atoms. The summed E-state index contributed by atoms with van der Waals surface area (Å²) >= 11 is 0. The number of aromatic nitrogens is 1. The van der Waals surface area contributed by atoms with Gasteiger partial charge in [0.25, 0.3) is 0 Å². The fourth-order valence-corrected chi connectivity index (χ4v) is 3.44. The number of anilines is 2. The first-order valence-corrected chi connectivity index (χ1v) is 8.36. The highest BCUT2D eigenvalue weighted by atomic mass is 15.2. The van der Waals surface area contributed by atoms with Crippen LogP contribution in [0, 0.1) is 6.92 Å². The van der Waals surface area contributed by atoms with E-state index in [1.54, 1.807) is 0 Å². The highest BCUT2D eigenvalue weighted by Gasteiger charge is 2.21. The van der Waals surface area contributed by atoms with E-state index in [-0.39, 0.29) is 6.04 Å². The molecule has 1 aromatic heterocycles.